The van der Waals surface area contributed by atoms with Crippen LogP contribution in [0.15, 0.2) is 41.3 Å². The van der Waals surface area contributed by atoms with Gasteiger partial charge in [-0.3, -0.25) is 4.79 Å². The van der Waals surface area contributed by atoms with Gasteiger partial charge in [0.25, 0.3) is 5.91 Å². The van der Waals surface area contributed by atoms with Crippen molar-refractivity contribution in [2.45, 2.75) is 4.90 Å². The zero-order chi connectivity index (χ0) is 22.6. The number of hydrogen-bond donors (Lipinski definition) is 1. The monoisotopic (exact) mass is 468 g/mol. The van der Waals surface area contributed by atoms with Gasteiger partial charge in [-0.15, -0.1) is 0 Å². The molecular weight excluding hydrogens is 448 g/mol. The van der Waals surface area contributed by atoms with E-state index in [-0.39, 0.29) is 58.8 Å². The smallest absolute Gasteiger partial charge is 0.337 e. The average molecular weight is 469 g/mol. The van der Waals surface area contributed by atoms with E-state index in [4.69, 9.17) is 21.1 Å². The predicted molar refractivity (Wildman–Crippen MR) is 113 cm³/mol. The second kappa shape index (κ2) is 9.65. The Kier molecular flexibility index (Phi) is 7.16. The van der Waals surface area contributed by atoms with E-state index in [9.17, 15) is 18.0 Å². The molecule has 0 bridgehead atoms. The molecule has 166 valence electrons. The third kappa shape index (κ3) is 4.99. The fourth-order valence-corrected chi connectivity index (χ4v) is 4.76. The Bertz CT molecular complexity index is 1100. The average Bonchev–Trinajstić information content (AvgIpc) is 2.80. The van der Waals surface area contributed by atoms with Crippen molar-refractivity contribution in [3.63, 3.8) is 0 Å². The van der Waals surface area contributed by atoms with Gasteiger partial charge < -0.3 is 19.5 Å². The lowest BCUT2D eigenvalue weighted by Gasteiger charge is -2.26. The summed E-state index contributed by atoms with van der Waals surface area (Å²) in [5, 5.41) is 2.80. The summed E-state index contributed by atoms with van der Waals surface area (Å²) in [6.07, 6.45) is 0. The lowest BCUT2D eigenvalue weighted by atomic mass is 10.1. The van der Waals surface area contributed by atoms with Crippen LogP contribution in [-0.4, -0.2) is 65.1 Å². The van der Waals surface area contributed by atoms with Crippen LogP contribution in [0.4, 0.5) is 5.69 Å². The van der Waals surface area contributed by atoms with Crippen molar-refractivity contribution in [2.24, 2.45) is 0 Å². The lowest BCUT2D eigenvalue weighted by molar-refractivity contribution is 0.0600. The van der Waals surface area contributed by atoms with Crippen LogP contribution in [0.1, 0.15) is 20.7 Å². The summed E-state index contributed by atoms with van der Waals surface area (Å²) in [4.78, 5) is 24.4. The highest BCUT2D eigenvalue weighted by molar-refractivity contribution is 7.89. The Labute approximate surface area is 184 Å². The number of methoxy groups -OCH3 is 2. The highest BCUT2D eigenvalue weighted by Gasteiger charge is 2.30. The third-order valence-corrected chi connectivity index (χ3v) is 6.90. The molecule has 1 N–H and O–H groups in total. The van der Waals surface area contributed by atoms with Gasteiger partial charge in [-0.1, -0.05) is 11.6 Å². The Hall–Kier alpha value is -2.66. The number of sulfonamides is 1. The summed E-state index contributed by atoms with van der Waals surface area (Å²) in [7, 11) is -1.31. The number of nitrogens with zero attached hydrogens (tertiary/aromatic N) is 1. The van der Waals surface area contributed by atoms with Crippen molar-refractivity contribution < 1.29 is 32.2 Å². The molecule has 1 saturated heterocycles. The van der Waals surface area contributed by atoms with Crippen LogP contribution in [0.2, 0.25) is 5.02 Å². The molecule has 2 aromatic carbocycles. The molecule has 0 atom stereocenters. The molecule has 1 fully saturated rings. The minimum atomic E-state index is -3.90. The minimum absolute atomic E-state index is 0.0761. The first-order valence-electron chi connectivity index (χ1n) is 9.23. The summed E-state index contributed by atoms with van der Waals surface area (Å²) in [5.74, 6) is -1.07. The van der Waals surface area contributed by atoms with Crippen molar-refractivity contribution >= 4 is 39.2 Å². The summed E-state index contributed by atoms with van der Waals surface area (Å²) >= 11 is 6.13. The van der Waals surface area contributed by atoms with E-state index in [1.165, 1.54) is 54.9 Å². The first-order chi connectivity index (χ1) is 14.8. The molecule has 0 spiro atoms. The number of hydrogen-bond acceptors (Lipinski definition) is 7. The van der Waals surface area contributed by atoms with Crippen molar-refractivity contribution in [2.75, 3.05) is 45.8 Å². The number of nitrogens with one attached hydrogen (secondary N) is 1. The molecule has 1 aliphatic heterocycles. The van der Waals surface area contributed by atoms with E-state index in [1.807, 2.05) is 0 Å². The number of carbonyl (C=O) groups is 2. The maximum atomic E-state index is 13.1. The van der Waals surface area contributed by atoms with Crippen molar-refractivity contribution in [1.29, 1.82) is 0 Å². The van der Waals surface area contributed by atoms with Gasteiger partial charge in [0.15, 0.2) is 0 Å². The molecule has 31 heavy (non-hydrogen) atoms. The van der Waals surface area contributed by atoms with Gasteiger partial charge in [-0.05, 0) is 36.4 Å². The summed E-state index contributed by atoms with van der Waals surface area (Å²) < 4.78 is 42.6. The Balaban J connectivity index is 1.93. The molecule has 1 aliphatic rings. The predicted octanol–water partition coefficient (Wildman–Crippen LogP) is 2.41. The molecule has 0 aromatic heterocycles. The number of anilines is 1. The maximum Gasteiger partial charge on any atom is 0.337 e. The van der Waals surface area contributed by atoms with Crippen LogP contribution in [0.3, 0.4) is 0 Å². The summed E-state index contributed by atoms with van der Waals surface area (Å²) in [6, 6.07) is 8.38. The van der Waals surface area contributed by atoms with Gasteiger partial charge in [-0.25, -0.2) is 13.2 Å². The standard InChI is InChI=1S/C20H21ClN2O7S/c1-28-17-6-4-13(12-18(17)31(26,27)23-7-9-30-10-8-23)19(24)22-16-11-14(20(25)29-2)3-5-15(16)21/h3-6,11-12H,7-10H2,1-2H3,(H,22,24). The lowest BCUT2D eigenvalue weighted by Crippen LogP contribution is -2.40. The van der Waals surface area contributed by atoms with Gasteiger partial charge in [0.2, 0.25) is 10.0 Å². The molecule has 3 rings (SSSR count). The van der Waals surface area contributed by atoms with E-state index >= 15 is 0 Å². The molecule has 0 unspecified atom stereocenters. The molecule has 2 aromatic rings. The molecule has 0 saturated carbocycles. The Morgan fingerprint density at radius 2 is 1.74 bits per heavy atom. The number of morpholine rings is 1. The first-order valence-corrected chi connectivity index (χ1v) is 11.0. The molecule has 11 heteroatoms. The van der Waals surface area contributed by atoms with Crippen LogP contribution in [-0.2, 0) is 19.5 Å². The molecule has 0 aliphatic carbocycles. The summed E-state index contributed by atoms with van der Waals surface area (Å²) in [5.41, 5.74) is 0.461. The fourth-order valence-electron chi connectivity index (χ4n) is 3.01. The van der Waals surface area contributed by atoms with Crippen LogP contribution in [0.25, 0.3) is 0 Å². The normalized spacial score (nSPS) is 14.7. The number of amides is 1. The van der Waals surface area contributed by atoms with Crippen molar-refractivity contribution in [3.8, 4) is 5.75 Å². The number of halogens is 1. The van der Waals surface area contributed by atoms with Gasteiger partial charge in [0, 0.05) is 18.7 Å². The van der Waals surface area contributed by atoms with Crippen LogP contribution in [0.5, 0.6) is 5.75 Å². The SMILES string of the molecule is COC(=O)c1ccc(Cl)c(NC(=O)c2ccc(OC)c(S(=O)(=O)N3CCOCC3)c2)c1. The molecular formula is C20H21ClN2O7S. The maximum absolute atomic E-state index is 13.1. The summed E-state index contributed by atoms with van der Waals surface area (Å²) in [6.45, 7) is 0.989. The molecule has 0 radical (unpaired) electrons. The van der Waals surface area contributed by atoms with Crippen LogP contribution in [0, 0.1) is 0 Å². The highest BCUT2D eigenvalue weighted by atomic mass is 35.5. The fraction of sp³-hybridized carbons (Fsp3) is 0.300. The van der Waals surface area contributed by atoms with E-state index in [0.29, 0.717) is 0 Å². The van der Waals surface area contributed by atoms with E-state index in [1.54, 1.807) is 0 Å². The Morgan fingerprint density at radius 3 is 2.39 bits per heavy atom. The minimum Gasteiger partial charge on any atom is -0.495 e. The number of esters is 1. The zero-order valence-electron chi connectivity index (χ0n) is 16.9. The van der Waals surface area contributed by atoms with E-state index < -0.39 is 21.9 Å². The highest BCUT2D eigenvalue weighted by Crippen LogP contribution is 2.29. The Morgan fingerprint density at radius 1 is 1.06 bits per heavy atom. The molecule has 9 nitrogen and oxygen atoms in total. The number of benzene rings is 2. The zero-order valence-corrected chi connectivity index (χ0v) is 18.5. The molecule has 1 heterocycles. The third-order valence-electron chi connectivity index (χ3n) is 4.65. The van der Waals surface area contributed by atoms with Crippen molar-refractivity contribution in [3.05, 3.63) is 52.5 Å². The van der Waals surface area contributed by atoms with Gasteiger partial charge in [0.05, 0.1) is 43.7 Å². The second-order valence-corrected chi connectivity index (χ2v) is 8.84. The van der Waals surface area contributed by atoms with Crippen LogP contribution >= 0.6 is 11.6 Å². The van der Waals surface area contributed by atoms with E-state index in [0.717, 1.165) is 0 Å². The van der Waals surface area contributed by atoms with Crippen LogP contribution < -0.4 is 10.1 Å². The topological polar surface area (TPSA) is 111 Å². The molecule has 1 amide bonds. The van der Waals surface area contributed by atoms with Gasteiger partial charge in [0.1, 0.15) is 10.6 Å². The van der Waals surface area contributed by atoms with Gasteiger partial charge in [-0.2, -0.15) is 4.31 Å². The number of carbonyl (C=O) groups excluding carboxylic acids is 2. The largest absolute Gasteiger partial charge is 0.495 e. The van der Waals surface area contributed by atoms with Crippen molar-refractivity contribution in [1.82, 2.24) is 4.31 Å². The number of rotatable bonds is 6. The van der Waals surface area contributed by atoms with E-state index in [2.05, 4.69) is 10.1 Å². The second-order valence-electron chi connectivity index (χ2n) is 6.52. The quantitative estimate of drug-likeness (QED) is 0.648. The number of ether oxygens (including phenoxy) is 3. The van der Waals surface area contributed by atoms with Gasteiger partial charge >= 0.3 is 5.97 Å². The first kappa shape index (κ1) is 23.0.